The van der Waals surface area contributed by atoms with Crippen LogP contribution in [0, 0.1) is 5.92 Å². The van der Waals surface area contributed by atoms with Crippen molar-refractivity contribution < 1.29 is 13.2 Å². The molecule has 1 saturated heterocycles. The van der Waals surface area contributed by atoms with Gasteiger partial charge in [0.2, 0.25) is 0 Å². The normalized spacial score (nSPS) is 18.3. The Morgan fingerprint density at radius 3 is 2.55 bits per heavy atom. The zero-order valence-electron chi connectivity index (χ0n) is 22.3. The molecule has 0 amide bonds. The molecule has 6 rings (SSSR count). The van der Waals surface area contributed by atoms with Crippen LogP contribution in [0.2, 0.25) is 0 Å². The van der Waals surface area contributed by atoms with Gasteiger partial charge in [0.15, 0.2) is 0 Å². The number of fused-ring (bicyclic) bond motifs is 1. The van der Waals surface area contributed by atoms with Gasteiger partial charge < -0.3 is 9.47 Å². The van der Waals surface area contributed by atoms with Gasteiger partial charge in [-0.1, -0.05) is 30.8 Å². The van der Waals surface area contributed by atoms with Crippen LogP contribution in [-0.4, -0.2) is 58.8 Å². The smallest absolute Gasteiger partial charge is 0.354 e. The first-order valence-electron chi connectivity index (χ1n) is 13.4. The van der Waals surface area contributed by atoms with Gasteiger partial charge in [0.1, 0.15) is 12.2 Å². The van der Waals surface area contributed by atoms with E-state index in [9.17, 15) is 18.0 Å². The summed E-state index contributed by atoms with van der Waals surface area (Å²) in [5.41, 5.74) is 1.90. The highest BCUT2D eigenvalue weighted by Crippen LogP contribution is 2.43. The SMILES string of the molecule is C[C@H](c1cc(C(F)(F)F)c2cn(-c3cccc([C@H](c4nncn4C)C4CCC4)c3)c(=O)n2c1)N1CCN(C=S)C1. The largest absolute Gasteiger partial charge is 0.418 e. The number of hydrogen-bond acceptors (Lipinski definition) is 5. The van der Waals surface area contributed by atoms with Crippen molar-refractivity contribution in [2.45, 2.75) is 44.3 Å². The topological polar surface area (TPSA) is 63.6 Å². The van der Waals surface area contributed by atoms with E-state index in [1.54, 1.807) is 17.9 Å². The van der Waals surface area contributed by atoms with Crippen molar-refractivity contribution >= 4 is 23.2 Å². The molecular formula is C28H30F3N7OS. The third-order valence-corrected chi connectivity index (χ3v) is 8.76. The number of halogens is 3. The third kappa shape index (κ3) is 4.62. The van der Waals surface area contributed by atoms with Gasteiger partial charge in [-0.05, 0) is 55.0 Å². The zero-order valence-corrected chi connectivity index (χ0v) is 23.1. The van der Waals surface area contributed by atoms with Gasteiger partial charge in [-0.3, -0.25) is 13.9 Å². The Morgan fingerprint density at radius 1 is 1.12 bits per heavy atom. The van der Waals surface area contributed by atoms with Crippen LogP contribution in [0.1, 0.15) is 60.7 Å². The molecule has 0 radical (unpaired) electrons. The van der Waals surface area contributed by atoms with Crippen LogP contribution in [0.5, 0.6) is 0 Å². The van der Waals surface area contributed by atoms with E-state index in [0.29, 0.717) is 36.9 Å². The summed E-state index contributed by atoms with van der Waals surface area (Å²) in [6.07, 6.45) is 3.14. The zero-order chi connectivity index (χ0) is 28.2. The maximum atomic E-state index is 14.3. The molecular weight excluding hydrogens is 539 g/mol. The van der Waals surface area contributed by atoms with E-state index < -0.39 is 17.4 Å². The minimum absolute atomic E-state index is 0.0143. The maximum absolute atomic E-state index is 14.3. The quantitative estimate of drug-likeness (QED) is 0.299. The summed E-state index contributed by atoms with van der Waals surface area (Å²) < 4.78 is 47.3. The number of pyridine rings is 1. The van der Waals surface area contributed by atoms with Gasteiger partial charge in [-0.15, -0.1) is 10.2 Å². The number of alkyl halides is 3. The van der Waals surface area contributed by atoms with E-state index in [-0.39, 0.29) is 17.5 Å². The highest BCUT2D eigenvalue weighted by atomic mass is 32.1. The predicted molar refractivity (Wildman–Crippen MR) is 149 cm³/mol. The first-order valence-corrected chi connectivity index (χ1v) is 13.9. The van der Waals surface area contributed by atoms with E-state index in [1.807, 2.05) is 46.5 Å². The van der Waals surface area contributed by atoms with Crippen molar-refractivity contribution in [3.63, 3.8) is 0 Å². The predicted octanol–water partition coefficient (Wildman–Crippen LogP) is 4.76. The Morgan fingerprint density at radius 2 is 1.93 bits per heavy atom. The van der Waals surface area contributed by atoms with Gasteiger partial charge in [-0.2, -0.15) is 13.2 Å². The Hall–Kier alpha value is -3.51. The molecule has 210 valence electrons. The van der Waals surface area contributed by atoms with E-state index in [0.717, 1.165) is 35.1 Å². The lowest BCUT2D eigenvalue weighted by molar-refractivity contribution is -0.136. The number of thiocarbonyl (C=S) groups is 1. The molecule has 0 spiro atoms. The molecule has 3 aromatic heterocycles. The lowest BCUT2D eigenvalue weighted by Gasteiger charge is -2.33. The van der Waals surface area contributed by atoms with Crippen molar-refractivity contribution in [3.8, 4) is 5.69 Å². The molecule has 4 aromatic rings. The summed E-state index contributed by atoms with van der Waals surface area (Å²) >= 11 is 5.02. The number of rotatable bonds is 7. The van der Waals surface area contributed by atoms with Crippen LogP contribution in [0.4, 0.5) is 13.2 Å². The van der Waals surface area contributed by atoms with Crippen LogP contribution in [-0.2, 0) is 13.2 Å². The number of nitrogens with zero attached hydrogens (tertiary/aromatic N) is 7. The van der Waals surface area contributed by atoms with Crippen molar-refractivity contribution in [2.75, 3.05) is 19.8 Å². The molecule has 2 atom stereocenters. The van der Waals surface area contributed by atoms with Crippen LogP contribution >= 0.6 is 12.2 Å². The number of aryl methyl sites for hydroxylation is 1. The molecule has 0 bridgehead atoms. The van der Waals surface area contributed by atoms with Crippen LogP contribution in [0.3, 0.4) is 0 Å². The monoisotopic (exact) mass is 569 g/mol. The third-order valence-electron chi connectivity index (χ3n) is 8.46. The number of imidazole rings is 1. The molecule has 2 aliphatic rings. The summed E-state index contributed by atoms with van der Waals surface area (Å²) in [6, 6.07) is 8.30. The second-order valence-corrected chi connectivity index (χ2v) is 11.0. The Kier molecular flexibility index (Phi) is 6.78. The summed E-state index contributed by atoms with van der Waals surface area (Å²) in [5, 5.41) is 8.42. The minimum atomic E-state index is -4.63. The average molecular weight is 570 g/mol. The Bertz CT molecular complexity index is 1620. The highest BCUT2D eigenvalue weighted by Gasteiger charge is 2.36. The van der Waals surface area contributed by atoms with Gasteiger partial charge in [-0.25, -0.2) is 4.79 Å². The van der Waals surface area contributed by atoms with Crippen LogP contribution < -0.4 is 5.69 Å². The molecule has 1 aliphatic carbocycles. The lowest BCUT2D eigenvalue weighted by atomic mass is 9.72. The van der Waals surface area contributed by atoms with Crippen molar-refractivity contribution in [3.05, 3.63) is 82.1 Å². The first-order chi connectivity index (χ1) is 19.2. The lowest BCUT2D eigenvalue weighted by Crippen LogP contribution is -2.28. The van der Waals surface area contributed by atoms with Gasteiger partial charge in [0.25, 0.3) is 0 Å². The molecule has 1 saturated carbocycles. The summed E-state index contributed by atoms with van der Waals surface area (Å²) in [7, 11) is 1.90. The number of hydrogen-bond donors (Lipinski definition) is 0. The standard InChI is InChI=1S/C28H30F3N7OS/c1-18(36-10-9-35(16-36)17-40)21-12-23(28(29,30)31)24-14-37(27(39)38(24)13-21)22-8-4-7-20(11-22)25(19-5-3-6-19)26-33-32-15-34(26)2/h4,7-8,11-15,17-19,25H,3,5-6,9-10,16H2,1-2H3/t18-,25-/m1/s1. The second kappa shape index (κ2) is 10.2. The van der Waals surface area contributed by atoms with E-state index >= 15 is 0 Å². The molecule has 4 heterocycles. The summed E-state index contributed by atoms with van der Waals surface area (Å²) in [6.45, 7) is 3.77. The summed E-state index contributed by atoms with van der Waals surface area (Å²) in [5.74, 6) is 1.21. The fraction of sp³-hybridized carbons (Fsp3) is 0.429. The van der Waals surface area contributed by atoms with Crippen molar-refractivity contribution in [1.29, 1.82) is 0 Å². The molecule has 0 N–H and O–H groups in total. The van der Waals surface area contributed by atoms with Gasteiger partial charge in [0.05, 0.1) is 28.9 Å². The van der Waals surface area contributed by atoms with Crippen LogP contribution in [0.15, 0.2) is 53.8 Å². The minimum Gasteiger partial charge on any atom is -0.354 e. The fourth-order valence-corrected chi connectivity index (χ4v) is 6.11. The van der Waals surface area contributed by atoms with E-state index in [2.05, 4.69) is 10.2 Å². The highest BCUT2D eigenvalue weighted by molar-refractivity contribution is 7.78. The number of benzene rings is 1. The molecule has 12 heteroatoms. The molecule has 1 aliphatic heterocycles. The fourth-order valence-electron chi connectivity index (χ4n) is 5.94. The molecule has 8 nitrogen and oxygen atoms in total. The van der Waals surface area contributed by atoms with Crippen molar-refractivity contribution in [1.82, 2.24) is 33.5 Å². The Labute approximate surface area is 234 Å². The molecule has 0 unspecified atom stereocenters. The van der Waals surface area contributed by atoms with Crippen LogP contribution in [0.25, 0.3) is 11.2 Å². The van der Waals surface area contributed by atoms with Gasteiger partial charge in [0, 0.05) is 44.5 Å². The molecule has 2 fully saturated rings. The van der Waals surface area contributed by atoms with E-state index in [1.165, 1.54) is 23.0 Å². The second-order valence-electron chi connectivity index (χ2n) is 10.8. The molecule has 40 heavy (non-hydrogen) atoms. The average Bonchev–Trinajstić information content (AvgIpc) is 3.63. The summed E-state index contributed by atoms with van der Waals surface area (Å²) in [4.78, 5) is 17.6. The number of aromatic nitrogens is 5. The Balaban J connectivity index is 1.44. The molecule has 1 aromatic carbocycles. The van der Waals surface area contributed by atoms with E-state index in [4.69, 9.17) is 12.2 Å². The maximum Gasteiger partial charge on any atom is 0.418 e. The van der Waals surface area contributed by atoms with Gasteiger partial charge >= 0.3 is 11.9 Å². The first kappa shape index (κ1) is 26.7. The van der Waals surface area contributed by atoms with Crippen molar-refractivity contribution in [2.24, 2.45) is 13.0 Å².